The van der Waals surface area contributed by atoms with E-state index in [1.54, 1.807) is 42.3 Å². The molecule has 0 saturated carbocycles. The van der Waals surface area contributed by atoms with Gasteiger partial charge in [0.05, 0.1) is 30.6 Å². The van der Waals surface area contributed by atoms with Crippen LogP contribution in [0.25, 0.3) is 0 Å². The molecule has 26 heavy (non-hydrogen) atoms. The molecule has 138 valence electrons. The Balaban J connectivity index is 1.48. The van der Waals surface area contributed by atoms with Crippen LogP contribution in [0.1, 0.15) is 10.6 Å². The molecule has 0 spiro atoms. The molecule has 3 rings (SSSR count). The maximum absolute atomic E-state index is 12.3. The molecule has 0 unspecified atom stereocenters. The summed E-state index contributed by atoms with van der Waals surface area (Å²) in [4.78, 5) is 28.2. The molecule has 0 atom stereocenters. The zero-order chi connectivity index (χ0) is 18.5. The number of rotatable bonds is 5. The number of carbonyl (C=O) groups is 2. The van der Waals surface area contributed by atoms with Crippen LogP contribution in [0.15, 0.2) is 41.0 Å². The van der Waals surface area contributed by atoms with Gasteiger partial charge in [-0.15, -0.1) is 0 Å². The summed E-state index contributed by atoms with van der Waals surface area (Å²) in [6.45, 7) is 2.59. The number of ether oxygens (including phenoxy) is 1. The summed E-state index contributed by atoms with van der Waals surface area (Å²) in [5, 5.41) is 3.22. The lowest BCUT2D eigenvalue weighted by atomic mass is 10.2. The largest absolute Gasteiger partial charge is 0.497 e. The second kappa shape index (κ2) is 8.25. The third-order valence-corrected chi connectivity index (χ3v) is 4.52. The SMILES string of the molecule is COc1ccc(NC(=O)CN2CCN(C(=O)c3ccco3)CC2)c(Cl)c1. The van der Waals surface area contributed by atoms with Crippen LogP contribution >= 0.6 is 11.6 Å². The van der Waals surface area contributed by atoms with Crippen molar-refractivity contribution < 1.29 is 18.7 Å². The number of amides is 2. The fraction of sp³-hybridized carbons (Fsp3) is 0.333. The lowest BCUT2D eigenvalue weighted by Crippen LogP contribution is -2.50. The Kier molecular flexibility index (Phi) is 5.80. The van der Waals surface area contributed by atoms with E-state index >= 15 is 0 Å². The molecule has 1 aliphatic heterocycles. The Bertz CT molecular complexity index is 771. The summed E-state index contributed by atoms with van der Waals surface area (Å²) in [7, 11) is 1.56. The van der Waals surface area contributed by atoms with Crippen LogP contribution in [0, 0.1) is 0 Å². The van der Waals surface area contributed by atoms with E-state index in [4.69, 9.17) is 20.8 Å². The molecule has 0 radical (unpaired) electrons. The van der Waals surface area contributed by atoms with Crippen molar-refractivity contribution in [1.29, 1.82) is 0 Å². The van der Waals surface area contributed by atoms with E-state index in [1.807, 2.05) is 4.90 Å². The third kappa shape index (κ3) is 4.36. The zero-order valence-electron chi connectivity index (χ0n) is 14.4. The average molecular weight is 378 g/mol. The van der Waals surface area contributed by atoms with Crippen LogP contribution in [-0.4, -0.2) is 61.4 Å². The molecule has 0 aliphatic carbocycles. The number of halogens is 1. The van der Waals surface area contributed by atoms with Crippen LogP contribution in [0.2, 0.25) is 5.02 Å². The molecule has 7 nitrogen and oxygen atoms in total. The first-order valence-electron chi connectivity index (χ1n) is 8.25. The van der Waals surface area contributed by atoms with Crippen LogP contribution < -0.4 is 10.1 Å². The van der Waals surface area contributed by atoms with Gasteiger partial charge in [0.25, 0.3) is 5.91 Å². The van der Waals surface area contributed by atoms with E-state index < -0.39 is 0 Å². The average Bonchev–Trinajstić information content (AvgIpc) is 3.18. The van der Waals surface area contributed by atoms with Crippen LogP contribution in [0.4, 0.5) is 5.69 Å². The summed E-state index contributed by atoms with van der Waals surface area (Å²) in [5.41, 5.74) is 0.545. The fourth-order valence-electron chi connectivity index (χ4n) is 2.78. The highest BCUT2D eigenvalue weighted by molar-refractivity contribution is 6.33. The van der Waals surface area contributed by atoms with Gasteiger partial charge in [0.2, 0.25) is 5.91 Å². The van der Waals surface area contributed by atoms with Crippen molar-refractivity contribution in [2.75, 3.05) is 45.2 Å². The zero-order valence-corrected chi connectivity index (χ0v) is 15.2. The van der Waals surface area contributed by atoms with Crippen molar-refractivity contribution in [3.8, 4) is 5.75 Å². The van der Waals surface area contributed by atoms with E-state index in [0.29, 0.717) is 48.4 Å². The number of methoxy groups -OCH3 is 1. The van der Waals surface area contributed by atoms with Crippen molar-refractivity contribution in [1.82, 2.24) is 9.80 Å². The summed E-state index contributed by atoms with van der Waals surface area (Å²) in [6.07, 6.45) is 1.48. The maximum atomic E-state index is 12.3. The monoisotopic (exact) mass is 377 g/mol. The van der Waals surface area contributed by atoms with Gasteiger partial charge in [-0.2, -0.15) is 0 Å². The van der Waals surface area contributed by atoms with Crippen molar-refractivity contribution in [3.05, 3.63) is 47.4 Å². The van der Waals surface area contributed by atoms with Gasteiger partial charge < -0.3 is 19.4 Å². The molecule has 1 N–H and O–H groups in total. The molecular weight excluding hydrogens is 358 g/mol. The number of hydrogen-bond donors (Lipinski definition) is 1. The number of nitrogens with zero attached hydrogens (tertiary/aromatic N) is 2. The number of carbonyl (C=O) groups excluding carboxylic acids is 2. The summed E-state index contributed by atoms with van der Waals surface area (Å²) < 4.78 is 10.2. The Morgan fingerprint density at radius 1 is 1.23 bits per heavy atom. The predicted octanol–water partition coefficient (Wildman–Crippen LogP) is 2.34. The van der Waals surface area contributed by atoms with Gasteiger partial charge in [-0.1, -0.05) is 11.6 Å². The number of hydrogen-bond acceptors (Lipinski definition) is 5. The molecule has 2 aromatic rings. The van der Waals surface area contributed by atoms with Crippen molar-refractivity contribution in [3.63, 3.8) is 0 Å². The Labute approximate surface area is 156 Å². The highest BCUT2D eigenvalue weighted by atomic mass is 35.5. The lowest BCUT2D eigenvalue weighted by molar-refractivity contribution is -0.117. The Hall–Kier alpha value is -2.51. The van der Waals surface area contributed by atoms with E-state index in [0.717, 1.165) is 0 Å². The van der Waals surface area contributed by atoms with Gasteiger partial charge in [-0.05, 0) is 24.3 Å². The topological polar surface area (TPSA) is 75.0 Å². The van der Waals surface area contributed by atoms with Gasteiger partial charge in [0.1, 0.15) is 5.75 Å². The summed E-state index contributed by atoms with van der Waals surface area (Å²) >= 11 is 6.14. The highest BCUT2D eigenvalue weighted by Crippen LogP contribution is 2.26. The summed E-state index contributed by atoms with van der Waals surface area (Å²) in [6, 6.07) is 8.44. The minimum Gasteiger partial charge on any atom is -0.497 e. The molecule has 0 bridgehead atoms. The molecule has 1 fully saturated rings. The van der Waals surface area contributed by atoms with Crippen molar-refractivity contribution in [2.45, 2.75) is 0 Å². The van der Waals surface area contributed by atoms with E-state index in [2.05, 4.69) is 5.32 Å². The molecule has 1 aromatic carbocycles. The first kappa shape index (κ1) is 18.3. The quantitative estimate of drug-likeness (QED) is 0.865. The standard InChI is InChI=1S/C18H20ClN3O4/c1-25-13-4-5-15(14(19)11-13)20-17(23)12-21-6-8-22(9-7-21)18(24)16-3-2-10-26-16/h2-5,10-11H,6-9,12H2,1H3,(H,20,23). The number of nitrogens with one attached hydrogen (secondary N) is 1. The van der Waals surface area contributed by atoms with Gasteiger partial charge in [0.15, 0.2) is 5.76 Å². The fourth-order valence-corrected chi connectivity index (χ4v) is 3.00. The smallest absolute Gasteiger partial charge is 0.289 e. The number of piperazine rings is 1. The maximum Gasteiger partial charge on any atom is 0.289 e. The Morgan fingerprint density at radius 3 is 2.62 bits per heavy atom. The molecular formula is C18H20ClN3O4. The van der Waals surface area contributed by atoms with Gasteiger partial charge in [0, 0.05) is 32.2 Å². The second-order valence-electron chi connectivity index (χ2n) is 5.94. The van der Waals surface area contributed by atoms with Crippen molar-refractivity contribution >= 4 is 29.1 Å². The van der Waals surface area contributed by atoms with Crippen LogP contribution in [-0.2, 0) is 4.79 Å². The molecule has 8 heteroatoms. The number of benzene rings is 1. The molecule has 2 amide bonds. The minimum absolute atomic E-state index is 0.121. The van der Waals surface area contributed by atoms with Gasteiger partial charge in [-0.3, -0.25) is 14.5 Å². The van der Waals surface area contributed by atoms with Crippen LogP contribution in [0.3, 0.4) is 0 Å². The van der Waals surface area contributed by atoms with Crippen molar-refractivity contribution in [2.24, 2.45) is 0 Å². The van der Waals surface area contributed by atoms with Gasteiger partial charge >= 0.3 is 0 Å². The second-order valence-corrected chi connectivity index (χ2v) is 6.35. The Morgan fingerprint density at radius 2 is 2.00 bits per heavy atom. The van der Waals surface area contributed by atoms with Crippen LogP contribution in [0.5, 0.6) is 5.75 Å². The molecule has 1 saturated heterocycles. The molecule has 1 aromatic heterocycles. The van der Waals surface area contributed by atoms with E-state index in [9.17, 15) is 9.59 Å². The van der Waals surface area contributed by atoms with E-state index in [-0.39, 0.29) is 18.4 Å². The minimum atomic E-state index is -0.150. The summed E-state index contributed by atoms with van der Waals surface area (Å²) in [5.74, 6) is 0.697. The third-order valence-electron chi connectivity index (χ3n) is 4.21. The first-order chi connectivity index (χ1) is 12.6. The van der Waals surface area contributed by atoms with Gasteiger partial charge in [-0.25, -0.2) is 0 Å². The predicted molar refractivity (Wildman–Crippen MR) is 97.7 cm³/mol. The van der Waals surface area contributed by atoms with E-state index in [1.165, 1.54) is 6.26 Å². The molecule has 2 heterocycles. The lowest BCUT2D eigenvalue weighted by Gasteiger charge is -2.33. The first-order valence-corrected chi connectivity index (χ1v) is 8.63. The number of anilines is 1. The molecule has 1 aliphatic rings. The normalized spacial score (nSPS) is 14.9. The highest BCUT2D eigenvalue weighted by Gasteiger charge is 2.24. The number of furan rings is 1.